The van der Waals surface area contributed by atoms with Crippen LogP contribution in [0, 0.1) is 6.92 Å². The maximum absolute atomic E-state index is 13.0. The highest BCUT2D eigenvalue weighted by Crippen LogP contribution is 2.23. The second-order valence-corrected chi connectivity index (χ2v) is 4.10. The first-order chi connectivity index (χ1) is 10.0. The molecule has 0 saturated carbocycles. The highest BCUT2D eigenvalue weighted by Gasteiger charge is 2.23. The van der Waals surface area contributed by atoms with Gasteiger partial charge in [0.05, 0.1) is 6.61 Å². The molecule has 0 atom stereocenters. The van der Waals surface area contributed by atoms with E-state index in [9.17, 15) is 13.6 Å². The third kappa shape index (κ3) is 3.33. The number of hydrogen-bond acceptors (Lipinski definition) is 6. The monoisotopic (exact) mass is 294 g/mol. The fourth-order valence-corrected chi connectivity index (χ4v) is 1.54. The number of aryl methyl sites for hydroxylation is 1. The average Bonchev–Trinajstić information content (AvgIpc) is 2.47. The molecule has 8 heteroatoms. The first-order valence-electron chi connectivity index (χ1n) is 6.14. The lowest BCUT2D eigenvalue weighted by Gasteiger charge is -2.08. The number of carbonyl (C=O) groups is 1. The van der Waals surface area contributed by atoms with E-state index in [2.05, 4.69) is 19.9 Å². The van der Waals surface area contributed by atoms with Crippen LogP contribution >= 0.6 is 0 Å². The molecular formula is C13H12F2N4O2. The van der Waals surface area contributed by atoms with E-state index >= 15 is 0 Å². The molecule has 6 nitrogen and oxygen atoms in total. The molecule has 0 aliphatic carbocycles. The zero-order valence-electron chi connectivity index (χ0n) is 11.4. The number of esters is 1. The van der Waals surface area contributed by atoms with Crippen molar-refractivity contribution in [2.45, 2.75) is 20.3 Å². The van der Waals surface area contributed by atoms with E-state index in [0.29, 0.717) is 0 Å². The minimum absolute atomic E-state index is 0.0710. The van der Waals surface area contributed by atoms with E-state index in [0.717, 1.165) is 11.8 Å². The predicted octanol–water partition coefficient (Wildman–Crippen LogP) is 2.36. The lowest BCUT2D eigenvalue weighted by Crippen LogP contribution is -2.12. The van der Waals surface area contributed by atoms with E-state index in [1.807, 2.05) is 0 Å². The Balaban J connectivity index is 2.45. The molecule has 0 radical (unpaired) electrons. The van der Waals surface area contributed by atoms with Crippen LogP contribution in [0.2, 0.25) is 0 Å². The first kappa shape index (κ1) is 14.9. The number of carbonyl (C=O) groups excluding carboxylic acids is 1. The van der Waals surface area contributed by atoms with Gasteiger partial charge in [0, 0.05) is 18.6 Å². The van der Waals surface area contributed by atoms with Crippen LogP contribution in [0.3, 0.4) is 0 Å². The molecule has 0 bridgehead atoms. The lowest BCUT2D eigenvalue weighted by molar-refractivity contribution is 0.0513. The average molecular weight is 294 g/mol. The van der Waals surface area contributed by atoms with Crippen molar-refractivity contribution in [3.63, 3.8) is 0 Å². The first-order valence-corrected chi connectivity index (χ1v) is 6.14. The fourth-order valence-electron chi connectivity index (χ4n) is 1.54. The van der Waals surface area contributed by atoms with Crippen LogP contribution in [0.4, 0.5) is 8.78 Å². The smallest absolute Gasteiger partial charge is 0.341 e. The molecule has 0 aliphatic heterocycles. The molecular weight excluding hydrogens is 282 g/mol. The summed E-state index contributed by atoms with van der Waals surface area (Å²) in [5.41, 5.74) is -0.235. The second kappa shape index (κ2) is 6.29. The van der Waals surface area contributed by atoms with Gasteiger partial charge in [0.2, 0.25) is 0 Å². The number of hydrogen-bond donors (Lipinski definition) is 0. The Hall–Kier alpha value is -2.51. The number of aromatic nitrogens is 4. The molecule has 2 aromatic rings. The summed E-state index contributed by atoms with van der Waals surface area (Å²) in [7, 11) is 0. The zero-order chi connectivity index (χ0) is 15.4. The van der Waals surface area contributed by atoms with E-state index in [-0.39, 0.29) is 23.8 Å². The Labute approximate surface area is 119 Å². The summed E-state index contributed by atoms with van der Waals surface area (Å²) >= 11 is 0. The van der Waals surface area contributed by atoms with Crippen LogP contribution in [-0.2, 0) is 4.74 Å². The Morgan fingerprint density at radius 2 is 1.81 bits per heavy atom. The van der Waals surface area contributed by atoms with E-state index in [4.69, 9.17) is 4.74 Å². The topological polar surface area (TPSA) is 77.9 Å². The van der Waals surface area contributed by atoms with Gasteiger partial charge >= 0.3 is 5.97 Å². The number of nitrogens with zero attached hydrogens (tertiary/aromatic N) is 4. The fraction of sp³-hybridized carbons (Fsp3) is 0.308. The Morgan fingerprint density at radius 1 is 1.19 bits per heavy atom. The molecule has 0 amide bonds. The SMILES string of the molecule is CCOC(=O)c1cnc(-c2ncc(C)cn2)nc1C(F)F. The molecule has 0 spiro atoms. The van der Waals surface area contributed by atoms with Crippen LogP contribution < -0.4 is 0 Å². The van der Waals surface area contributed by atoms with Crippen molar-refractivity contribution in [3.05, 3.63) is 35.4 Å². The summed E-state index contributed by atoms with van der Waals surface area (Å²) in [6, 6.07) is 0. The minimum atomic E-state index is -2.93. The Kier molecular flexibility index (Phi) is 4.46. The van der Waals surface area contributed by atoms with Gasteiger partial charge in [0.25, 0.3) is 6.43 Å². The molecule has 0 N–H and O–H groups in total. The Bertz CT molecular complexity index is 647. The van der Waals surface area contributed by atoms with Crippen LogP contribution in [0.25, 0.3) is 11.6 Å². The van der Waals surface area contributed by atoms with Gasteiger partial charge in [-0.3, -0.25) is 0 Å². The van der Waals surface area contributed by atoms with Crippen LogP contribution in [0.15, 0.2) is 18.6 Å². The molecule has 2 heterocycles. The van der Waals surface area contributed by atoms with Gasteiger partial charge in [-0.15, -0.1) is 0 Å². The molecule has 21 heavy (non-hydrogen) atoms. The predicted molar refractivity (Wildman–Crippen MR) is 68.7 cm³/mol. The van der Waals surface area contributed by atoms with Gasteiger partial charge < -0.3 is 4.74 Å². The number of halogens is 2. The maximum atomic E-state index is 13.0. The number of rotatable bonds is 4. The van der Waals surface area contributed by atoms with Crippen molar-refractivity contribution >= 4 is 5.97 Å². The zero-order valence-corrected chi connectivity index (χ0v) is 11.4. The van der Waals surface area contributed by atoms with Gasteiger partial charge in [-0.05, 0) is 19.4 Å². The van der Waals surface area contributed by atoms with Crippen molar-refractivity contribution in [2.75, 3.05) is 6.61 Å². The molecule has 110 valence electrons. The molecule has 0 saturated heterocycles. The molecule has 0 aliphatic rings. The summed E-state index contributed by atoms with van der Waals surface area (Å²) < 4.78 is 30.8. The molecule has 2 aromatic heterocycles. The third-order valence-corrected chi connectivity index (χ3v) is 2.50. The van der Waals surface area contributed by atoms with Crippen molar-refractivity contribution in [1.29, 1.82) is 0 Å². The largest absolute Gasteiger partial charge is 0.462 e. The second-order valence-electron chi connectivity index (χ2n) is 4.10. The van der Waals surface area contributed by atoms with Gasteiger partial charge in [0.15, 0.2) is 11.6 Å². The molecule has 0 unspecified atom stereocenters. The number of alkyl halides is 2. The molecule has 2 rings (SSSR count). The normalized spacial score (nSPS) is 10.7. The van der Waals surface area contributed by atoms with E-state index in [1.165, 1.54) is 12.4 Å². The van der Waals surface area contributed by atoms with E-state index < -0.39 is 18.1 Å². The van der Waals surface area contributed by atoms with Crippen molar-refractivity contribution in [2.24, 2.45) is 0 Å². The van der Waals surface area contributed by atoms with Crippen LogP contribution in [0.5, 0.6) is 0 Å². The highest BCUT2D eigenvalue weighted by molar-refractivity contribution is 5.90. The van der Waals surface area contributed by atoms with Crippen molar-refractivity contribution < 1.29 is 18.3 Å². The quantitative estimate of drug-likeness (QED) is 0.805. The van der Waals surface area contributed by atoms with Crippen LogP contribution in [0.1, 0.15) is 35.0 Å². The summed E-state index contributed by atoms with van der Waals surface area (Å²) in [5, 5.41) is 0. The highest BCUT2D eigenvalue weighted by atomic mass is 19.3. The Morgan fingerprint density at radius 3 is 2.38 bits per heavy atom. The minimum Gasteiger partial charge on any atom is -0.462 e. The van der Waals surface area contributed by atoms with Gasteiger partial charge in [-0.2, -0.15) is 0 Å². The van der Waals surface area contributed by atoms with Crippen molar-refractivity contribution in [3.8, 4) is 11.6 Å². The molecule has 0 fully saturated rings. The van der Waals surface area contributed by atoms with E-state index in [1.54, 1.807) is 13.8 Å². The van der Waals surface area contributed by atoms with Gasteiger partial charge in [0.1, 0.15) is 11.3 Å². The van der Waals surface area contributed by atoms with Gasteiger partial charge in [-0.1, -0.05) is 0 Å². The summed E-state index contributed by atoms with van der Waals surface area (Å²) in [6.07, 6.45) is 1.11. The number of ether oxygens (including phenoxy) is 1. The lowest BCUT2D eigenvalue weighted by atomic mass is 10.2. The molecule has 0 aromatic carbocycles. The third-order valence-electron chi connectivity index (χ3n) is 2.50. The van der Waals surface area contributed by atoms with Crippen LogP contribution in [-0.4, -0.2) is 32.5 Å². The standard InChI is InChI=1S/C13H12F2N4O2/c1-3-21-13(20)8-6-18-12(19-9(8)10(14)15)11-16-4-7(2)5-17-11/h4-6,10H,3H2,1-2H3. The summed E-state index contributed by atoms with van der Waals surface area (Å²) in [6.45, 7) is 3.44. The summed E-state index contributed by atoms with van der Waals surface area (Å²) in [4.78, 5) is 27.1. The maximum Gasteiger partial charge on any atom is 0.341 e. The van der Waals surface area contributed by atoms with Crippen molar-refractivity contribution in [1.82, 2.24) is 19.9 Å². The summed E-state index contributed by atoms with van der Waals surface area (Å²) in [5.74, 6) is -0.847. The van der Waals surface area contributed by atoms with Gasteiger partial charge in [-0.25, -0.2) is 33.5 Å².